The Morgan fingerprint density at radius 1 is 1.27 bits per heavy atom. The van der Waals surface area contributed by atoms with E-state index in [4.69, 9.17) is 0 Å². The van der Waals surface area contributed by atoms with E-state index in [2.05, 4.69) is 18.3 Å². The molecule has 2 rings (SSSR count). The maximum atomic E-state index is 12.5. The molecule has 1 aromatic carbocycles. The molecule has 0 saturated heterocycles. The standard InChI is InChI=1S/C18H28N2O2/c1-3-6-15-7-4-5-8-17(15)19-18(22)20(2)16-11-9-14(13-21)10-12-16/h4-5,7-8,14,16,21H,3,6,9-13H2,1-2H3,(H,19,22). The van der Waals surface area contributed by atoms with Gasteiger partial charge in [0.25, 0.3) is 0 Å². The topological polar surface area (TPSA) is 52.6 Å². The zero-order valence-electron chi connectivity index (χ0n) is 13.7. The number of anilines is 1. The van der Waals surface area contributed by atoms with Gasteiger partial charge in [0.05, 0.1) is 0 Å². The van der Waals surface area contributed by atoms with E-state index in [1.54, 1.807) is 0 Å². The number of amides is 2. The van der Waals surface area contributed by atoms with E-state index < -0.39 is 0 Å². The van der Waals surface area contributed by atoms with Crippen LogP contribution in [0.4, 0.5) is 10.5 Å². The van der Waals surface area contributed by atoms with E-state index in [0.29, 0.717) is 5.92 Å². The van der Waals surface area contributed by atoms with Crippen LogP contribution in [0.15, 0.2) is 24.3 Å². The van der Waals surface area contributed by atoms with Gasteiger partial charge in [-0.05, 0) is 49.7 Å². The van der Waals surface area contributed by atoms with Crippen molar-refractivity contribution in [2.75, 3.05) is 19.0 Å². The van der Waals surface area contributed by atoms with Crippen molar-refractivity contribution in [1.29, 1.82) is 0 Å². The van der Waals surface area contributed by atoms with Crippen molar-refractivity contribution >= 4 is 11.7 Å². The fourth-order valence-corrected chi connectivity index (χ4v) is 3.21. The summed E-state index contributed by atoms with van der Waals surface area (Å²) >= 11 is 0. The van der Waals surface area contributed by atoms with Crippen molar-refractivity contribution < 1.29 is 9.90 Å². The Morgan fingerprint density at radius 2 is 1.95 bits per heavy atom. The number of hydrogen-bond donors (Lipinski definition) is 2. The largest absolute Gasteiger partial charge is 0.396 e. The molecule has 22 heavy (non-hydrogen) atoms. The molecule has 0 aromatic heterocycles. The van der Waals surface area contributed by atoms with Gasteiger partial charge in [0.15, 0.2) is 0 Å². The fraction of sp³-hybridized carbons (Fsp3) is 0.611. The minimum Gasteiger partial charge on any atom is -0.396 e. The van der Waals surface area contributed by atoms with Crippen molar-refractivity contribution in [3.8, 4) is 0 Å². The Balaban J connectivity index is 1.94. The Bertz CT molecular complexity index is 482. The zero-order valence-corrected chi connectivity index (χ0v) is 13.7. The molecule has 1 aliphatic rings. The molecular weight excluding hydrogens is 276 g/mol. The fourth-order valence-electron chi connectivity index (χ4n) is 3.21. The van der Waals surface area contributed by atoms with Gasteiger partial charge in [0.1, 0.15) is 0 Å². The lowest BCUT2D eigenvalue weighted by atomic mass is 9.86. The van der Waals surface area contributed by atoms with E-state index >= 15 is 0 Å². The second-order valence-electron chi connectivity index (χ2n) is 6.31. The van der Waals surface area contributed by atoms with Gasteiger partial charge >= 0.3 is 6.03 Å². The summed E-state index contributed by atoms with van der Waals surface area (Å²) in [5.74, 6) is 0.415. The van der Waals surface area contributed by atoms with Crippen molar-refractivity contribution in [2.24, 2.45) is 5.92 Å². The summed E-state index contributed by atoms with van der Waals surface area (Å²) in [5.41, 5.74) is 2.11. The molecule has 0 radical (unpaired) electrons. The quantitative estimate of drug-likeness (QED) is 0.872. The smallest absolute Gasteiger partial charge is 0.321 e. The van der Waals surface area contributed by atoms with E-state index in [-0.39, 0.29) is 18.7 Å². The SMILES string of the molecule is CCCc1ccccc1NC(=O)N(C)C1CCC(CO)CC1. The Hall–Kier alpha value is -1.55. The summed E-state index contributed by atoms with van der Waals surface area (Å²) in [6.07, 6.45) is 6.00. The molecule has 0 bridgehead atoms. The lowest BCUT2D eigenvalue weighted by molar-refractivity contribution is 0.139. The first-order valence-electron chi connectivity index (χ1n) is 8.38. The number of aryl methyl sites for hydroxylation is 1. The molecule has 0 atom stereocenters. The number of rotatable bonds is 5. The van der Waals surface area contributed by atoms with E-state index in [1.165, 1.54) is 5.56 Å². The van der Waals surface area contributed by atoms with Gasteiger partial charge in [-0.3, -0.25) is 0 Å². The molecule has 2 amide bonds. The summed E-state index contributed by atoms with van der Waals surface area (Å²) in [6.45, 7) is 2.41. The van der Waals surface area contributed by atoms with Gasteiger partial charge in [0, 0.05) is 25.4 Å². The second kappa shape index (κ2) is 8.18. The molecule has 4 nitrogen and oxygen atoms in total. The summed E-state index contributed by atoms with van der Waals surface area (Å²) in [7, 11) is 1.88. The van der Waals surface area contributed by atoms with Crippen LogP contribution in [0.2, 0.25) is 0 Å². The second-order valence-corrected chi connectivity index (χ2v) is 6.31. The highest BCUT2D eigenvalue weighted by molar-refractivity contribution is 5.90. The van der Waals surface area contributed by atoms with Crippen LogP contribution in [0.3, 0.4) is 0 Å². The third-order valence-corrected chi connectivity index (χ3v) is 4.72. The number of para-hydroxylation sites is 1. The highest BCUT2D eigenvalue weighted by atomic mass is 16.3. The van der Waals surface area contributed by atoms with Crippen LogP contribution < -0.4 is 5.32 Å². The molecule has 2 N–H and O–H groups in total. The summed E-state index contributed by atoms with van der Waals surface area (Å²) in [6, 6.07) is 8.27. The predicted molar refractivity (Wildman–Crippen MR) is 90.1 cm³/mol. The van der Waals surface area contributed by atoms with Crippen LogP contribution in [0.25, 0.3) is 0 Å². The predicted octanol–water partition coefficient (Wildman–Crippen LogP) is 3.65. The number of hydrogen-bond acceptors (Lipinski definition) is 2. The third kappa shape index (κ3) is 4.23. The number of urea groups is 1. The molecule has 1 fully saturated rings. The summed E-state index contributed by atoms with van der Waals surface area (Å²) in [5, 5.41) is 12.3. The van der Waals surface area contributed by atoms with Gasteiger partial charge in [-0.2, -0.15) is 0 Å². The van der Waals surface area contributed by atoms with Crippen molar-refractivity contribution in [1.82, 2.24) is 4.90 Å². The first-order chi connectivity index (χ1) is 10.7. The Labute approximate surface area is 133 Å². The number of carbonyl (C=O) groups is 1. The van der Waals surface area contributed by atoms with Gasteiger partial charge in [-0.1, -0.05) is 31.5 Å². The summed E-state index contributed by atoms with van der Waals surface area (Å²) in [4.78, 5) is 14.3. The zero-order chi connectivity index (χ0) is 15.9. The van der Waals surface area contributed by atoms with Gasteiger partial charge in [0.2, 0.25) is 0 Å². The van der Waals surface area contributed by atoms with Crippen LogP contribution in [0, 0.1) is 5.92 Å². The summed E-state index contributed by atoms with van der Waals surface area (Å²) < 4.78 is 0. The Morgan fingerprint density at radius 3 is 2.59 bits per heavy atom. The lowest BCUT2D eigenvalue weighted by Crippen LogP contribution is -2.42. The van der Waals surface area contributed by atoms with Crippen LogP contribution in [-0.2, 0) is 6.42 Å². The molecule has 0 aliphatic heterocycles. The first kappa shape index (κ1) is 16.8. The molecule has 122 valence electrons. The van der Waals surface area contributed by atoms with Crippen LogP contribution in [-0.4, -0.2) is 35.7 Å². The molecule has 1 saturated carbocycles. The van der Waals surface area contributed by atoms with Crippen molar-refractivity contribution in [3.05, 3.63) is 29.8 Å². The molecule has 1 aliphatic carbocycles. The van der Waals surface area contributed by atoms with E-state index in [0.717, 1.165) is 44.2 Å². The average molecular weight is 304 g/mol. The molecular formula is C18H28N2O2. The number of carbonyl (C=O) groups excluding carboxylic acids is 1. The Kier molecular flexibility index (Phi) is 6.25. The normalized spacial score (nSPS) is 21.4. The number of benzene rings is 1. The minimum absolute atomic E-state index is 0.0315. The van der Waals surface area contributed by atoms with Crippen LogP contribution in [0.5, 0.6) is 0 Å². The van der Waals surface area contributed by atoms with E-state index in [9.17, 15) is 9.90 Å². The maximum Gasteiger partial charge on any atom is 0.321 e. The number of aliphatic hydroxyl groups is 1. The number of nitrogens with zero attached hydrogens (tertiary/aromatic N) is 1. The molecule has 0 spiro atoms. The van der Waals surface area contributed by atoms with Crippen LogP contribution in [0.1, 0.15) is 44.6 Å². The molecule has 4 heteroatoms. The van der Waals surface area contributed by atoms with Crippen molar-refractivity contribution in [3.63, 3.8) is 0 Å². The lowest BCUT2D eigenvalue weighted by Gasteiger charge is -2.34. The average Bonchev–Trinajstić information content (AvgIpc) is 2.56. The highest BCUT2D eigenvalue weighted by Gasteiger charge is 2.26. The van der Waals surface area contributed by atoms with Gasteiger partial charge in [-0.15, -0.1) is 0 Å². The van der Waals surface area contributed by atoms with E-state index in [1.807, 2.05) is 30.1 Å². The van der Waals surface area contributed by atoms with Crippen LogP contribution >= 0.6 is 0 Å². The molecule has 0 unspecified atom stereocenters. The molecule has 0 heterocycles. The first-order valence-corrected chi connectivity index (χ1v) is 8.38. The minimum atomic E-state index is -0.0315. The monoisotopic (exact) mass is 304 g/mol. The van der Waals surface area contributed by atoms with Gasteiger partial charge < -0.3 is 15.3 Å². The molecule has 1 aromatic rings. The number of nitrogens with one attached hydrogen (secondary N) is 1. The van der Waals surface area contributed by atoms with Crippen molar-refractivity contribution in [2.45, 2.75) is 51.5 Å². The van der Waals surface area contributed by atoms with Gasteiger partial charge in [-0.25, -0.2) is 4.79 Å². The maximum absolute atomic E-state index is 12.5. The number of aliphatic hydroxyl groups excluding tert-OH is 1. The highest BCUT2D eigenvalue weighted by Crippen LogP contribution is 2.27. The third-order valence-electron chi connectivity index (χ3n) is 4.72.